The number of nitrogens with zero attached hydrogens (tertiary/aromatic N) is 1. The van der Waals surface area contributed by atoms with Crippen molar-refractivity contribution < 1.29 is 9.18 Å². The first kappa shape index (κ1) is 16.1. The van der Waals surface area contributed by atoms with Gasteiger partial charge in [-0.1, -0.05) is 41.4 Å². The van der Waals surface area contributed by atoms with Gasteiger partial charge in [0.2, 0.25) is 0 Å². The van der Waals surface area contributed by atoms with Gasteiger partial charge < -0.3 is 5.32 Å². The third-order valence-electron chi connectivity index (χ3n) is 2.98. The molecular formula is C16H9Cl2FN2OS. The van der Waals surface area contributed by atoms with Gasteiger partial charge in [-0.15, -0.1) is 0 Å². The van der Waals surface area contributed by atoms with Gasteiger partial charge in [-0.2, -0.15) is 0 Å². The maximum atomic E-state index is 13.1. The van der Waals surface area contributed by atoms with E-state index in [1.165, 1.54) is 30.0 Å². The first-order valence-corrected chi connectivity index (χ1v) is 8.09. The molecule has 0 aromatic heterocycles. The summed E-state index contributed by atoms with van der Waals surface area (Å²) < 4.78 is 13.1. The molecule has 1 saturated heterocycles. The number of hydrogen-bond donors (Lipinski definition) is 1. The summed E-state index contributed by atoms with van der Waals surface area (Å²) in [4.78, 5) is 16.7. The number of amides is 1. The van der Waals surface area contributed by atoms with Crippen molar-refractivity contribution in [1.29, 1.82) is 0 Å². The Balaban J connectivity index is 1.86. The fourth-order valence-electron chi connectivity index (χ4n) is 1.89. The maximum absolute atomic E-state index is 13.1. The molecule has 1 aliphatic heterocycles. The Morgan fingerprint density at radius 1 is 1.13 bits per heavy atom. The van der Waals surface area contributed by atoms with Crippen LogP contribution >= 0.6 is 35.0 Å². The third kappa shape index (κ3) is 3.75. The number of carbonyl (C=O) groups excluding carboxylic acids is 1. The summed E-state index contributed by atoms with van der Waals surface area (Å²) in [5, 5.41) is 3.59. The van der Waals surface area contributed by atoms with Gasteiger partial charge in [-0.05, 0) is 47.7 Å². The molecule has 0 bridgehead atoms. The van der Waals surface area contributed by atoms with Crippen LogP contribution in [-0.4, -0.2) is 11.1 Å². The van der Waals surface area contributed by atoms with Gasteiger partial charge in [0.15, 0.2) is 5.17 Å². The van der Waals surface area contributed by atoms with Gasteiger partial charge in [-0.3, -0.25) is 4.79 Å². The predicted molar refractivity (Wildman–Crippen MR) is 93.7 cm³/mol. The van der Waals surface area contributed by atoms with Crippen molar-refractivity contribution in [3.63, 3.8) is 0 Å². The maximum Gasteiger partial charge on any atom is 0.264 e. The van der Waals surface area contributed by atoms with E-state index in [-0.39, 0.29) is 10.9 Å². The number of benzene rings is 2. The number of halogens is 3. The van der Waals surface area contributed by atoms with E-state index in [9.17, 15) is 9.18 Å². The minimum atomic E-state index is -0.516. The highest BCUT2D eigenvalue weighted by Crippen LogP contribution is 2.30. The summed E-state index contributed by atoms with van der Waals surface area (Å²) in [6.45, 7) is 0. The van der Waals surface area contributed by atoms with Crippen LogP contribution < -0.4 is 5.32 Å². The molecule has 7 heteroatoms. The van der Waals surface area contributed by atoms with Crippen molar-refractivity contribution in [1.82, 2.24) is 5.32 Å². The fourth-order valence-corrected chi connectivity index (χ4v) is 3.08. The van der Waals surface area contributed by atoms with E-state index in [1.807, 2.05) is 18.2 Å². The number of carbonyl (C=O) groups is 1. The van der Waals surface area contributed by atoms with Crippen LogP contribution in [0.1, 0.15) is 5.56 Å². The number of rotatable bonds is 2. The summed E-state index contributed by atoms with van der Waals surface area (Å²) in [6.07, 6.45) is 1.70. The van der Waals surface area contributed by atoms with Gasteiger partial charge in [0.1, 0.15) is 5.82 Å². The molecule has 0 unspecified atom stereocenters. The van der Waals surface area contributed by atoms with Crippen LogP contribution in [0.15, 0.2) is 52.4 Å². The Kier molecular flexibility index (Phi) is 4.71. The average Bonchev–Trinajstić information content (AvgIpc) is 2.85. The Morgan fingerprint density at radius 3 is 2.65 bits per heavy atom. The van der Waals surface area contributed by atoms with Crippen LogP contribution in [0.3, 0.4) is 0 Å². The van der Waals surface area contributed by atoms with E-state index in [0.29, 0.717) is 20.8 Å². The molecule has 1 amide bonds. The Morgan fingerprint density at radius 2 is 1.91 bits per heavy atom. The minimum absolute atomic E-state index is 0.0204. The molecule has 116 valence electrons. The Labute approximate surface area is 146 Å². The molecule has 23 heavy (non-hydrogen) atoms. The molecular weight excluding hydrogens is 358 g/mol. The van der Waals surface area contributed by atoms with Gasteiger partial charge in [0, 0.05) is 5.02 Å². The molecule has 0 atom stereocenters. The van der Waals surface area contributed by atoms with Crippen LogP contribution in [0.25, 0.3) is 6.08 Å². The molecule has 0 radical (unpaired) electrons. The molecule has 1 N–H and O–H groups in total. The number of aliphatic imine (C=N–C) groups is 1. The lowest BCUT2D eigenvalue weighted by molar-refractivity contribution is -0.115. The minimum Gasteiger partial charge on any atom is -0.300 e. The van der Waals surface area contributed by atoms with Gasteiger partial charge in [0.25, 0.3) is 5.91 Å². The van der Waals surface area contributed by atoms with E-state index < -0.39 is 5.82 Å². The first-order valence-electron chi connectivity index (χ1n) is 6.52. The molecule has 0 spiro atoms. The lowest BCUT2D eigenvalue weighted by atomic mass is 10.2. The van der Waals surface area contributed by atoms with E-state index in [4.69, 9.17) is 23.2 Å². The number of nitrogens with one attached hydrogen (secondary N) is 1. The van der Waals surface area contributed by atoms with E-state index in [1.54, 1.807) is 12.1 Å². The number of amidine groups is 1. The molecule has 0 aliphatic carbocycles. The van der Waals surface area contributed by atoms with Gasteiger partial charge in [-0.25, -0.2) is 9.38 Å². The molecule has 3 rings (SSSR count). The van der Waals surface area contributed by atoms with Crippen LogP contribution in [0.5, 0.6) is 0 Å². The molecule has 1 fully saturated rings. The zero-order chi connectivity index (χ0) is 16.4. The molecule has 0 saturated carbocycles. The smallest absolute Gasteiger partial charge is 0.264 e. The summed E-state index contributed by atoms with van der Waals surface area (Å²) in [5.41, 5.74) is 1.20. The number of thioether (sulfide) groups is 1. The predicted octanol–water partition coefficient (Wildman–Crippen LogP) is 5.02. The second kappa shape index (κ2) is 6.74. The highest BCUT2D eigenvalue weighted by molar-refractivity contribution is 8.18. The van der Waals surface area contributed by atoms with Gasteiger partial charge >= 0.3 is 0 Å². The molecule has 1 aliphatic rings. The normalized spacial score (nSPS) is 17.8. The third-order valence-corrected chi connectivity index (χ3v) is 4.52. The summed E-state index contributed by atoms with van der Waals surface area (Å²) in [7, 11) is 0. The topological polar surface area (TPSA) is 41.5 Å². The highest BCUT2D eigenvalue weighted by Gasteiger charge is 2.24. The van der Waals surface area contributed by atoms with Crippen LogP contribution in [0, 0.1) is 5.82 Å². The van der Waals surface area contributed by atoms with Crippen molar-refractivity contribution in [2.75, 3.05) is 0 Å². The van der Waals surface area contributed by atoms with Crippen molar-refractivity contribution >= 4 is 57.8 Å². The van der Waals surface area contributed by atoms with Crippen LogP contribution in [0.4, 0.5) is 10.1 Å². The highest BCUT2D eigenvalue weighted by atomic mass is 35.5. The van der Waals surface area contributed by atoms with Crippen molar-refractivity contribution in [3.8, 4) is 0 Å². The summed E-state index contributed by atoms with van der Waals surface area (Å²) in [6, 6.07) is 11.3. The SMILES string of the molecule is O=C1NC(=Nc2ccc(F)c(Cl)c2)S/C1=C\c1ccccc1Cl. The standard InChI is InChI=1S/C16H9Cl2FN2OS/c17-11-4-2-1-3-9(11)7-14-15(22)21-16(23-14)20-10-5-6-13(19)12(18)8-10/h1-8H,(H,20,21,22)/b14-7-. The van der Waals surface area contributed by atoms with E-state index >= 15 is 0 Å². The van der Waals surface area contributed by atoms with Gasteiger partial charge in [0.05, 0.1) is 15.6 Å². The van der Waals surface area contributed by atoms with E-state index in [2.05, 4.69) is 10.3 Å². The largest absolute Gasteiger partial charge is 0.300 e. The Bertz CT molecular complexity index is 852. The quantitative estimate of drug-likeness (QED) is 0.757. The average molecular weight is 367 g/mol. The molecule has 1 heterocycles. The van der Waals surface area contributed by atoms with Crippen molar-refractivity contribution in [3.05, 3.63) is 68.8 Å². The second-order valence-electron chi connectivity index (χ2n) is 4.60. The van der Waals surface area contributed by atoms with Crippen LogP contribution in [-0.2, 0) is 4.79 Å². The van der Waals surface area contributed by atoms with Crippen molar-refractivity contribution in [2.24, 2.45) is 4.99 Å². The first-order chi connectivity index (χ1) is 11.0. The lowest BCUT2D eigenvalue weighted by Gasteiger charge is -1.98. The summed E-state index contributed by atoms with van der Waals surface area (Å²) >= 11 is 13.0. The zero-order valence-electron chi connectivity index (χ0n) is 11.5. The van der Waals surface area contributed by atoms with Crippen LogP contribution in [0.2, 0.25) is 10.0 Å². The van der Waals surface area contributed by atoms with E-state index in [0.717, 1.165) is 5.56 Å². The second-order valence-corrected chi connectivity index (χ2v) is 6.45. The molecule has 2 aromatic rings. The Hall–Kier alpha value is -1.82. The zero-order valence-corrected chi connectivity index (χ0v) is 13.8. The number of hydrogen-bond acceptors (Lipinski definition) is 3. The fraction of sp³-hybridized carbons (Fsp3) is 0. The summed E-state index contributed by atoms with van der Waals surface area (Å²) in [5.74, 6) is -0.778. The van der Waals surface area contributed by atoms with Crippen molar-refractivity contribution in [2.45, 2.75) is 0 Å². The monoisotopic (exact) mass is 366 g/mol. The molecule has 3 nitrogen and oxygen atoms in total. The lowest BCUT2D eigenvalue weighted by Crippen LogP contribution is -2.19. The molecule has 2 aromatic carbocycles.